The van der Waals surface area contributed by atoms with Gasteiger partial charge in [0.25, 0.3) is 0 Å². The Morgan fingerprint density at radius 2 is 0.612 bits per heavy atom. The second kappa shape index (κ2) is 31.5. The van der Waals surface area contributed by atoms with Crippen molar-refractivity contribution in [3.05, 3.63) is 368 Å². The van der Waals surface area contributed by atoms with Gasteiger partial charge in [-0.3, -0.25) is 9.97 Å². The van der Waals surface area contributed by atoms with Gasteiger partial charge in [0, 0.05) is 24.8 Å². The number of nitrogens with zero attached hydrogens (tertiary/aromatic N) is 10. The highest BCUT2D eigenvalue weighted by Gasteiger charge is 2.53. The number of hydrogen-bond acceptors (Lipinski definition) is 10. The van der Waals surface area contributed by atoms with E-state index >= 15 is 0 Å². The van der Waals surface area contributed by atoms with Crippen LogP contribution in [-0.4, -0.2) is 69.5 Å². The van der Waals surface area contributed by atoms with Crippen molar-refractivity contribution in [2.45, 2.75) is 136 Å². The van der Waals surface area contributed by atoms with E-state index in [9.17, 15) is 38.0 Å². The Balaban J connectivity index is 0.000000107. The highest BCUT2D eigenvalue weighted by Crippen LogP contribution is 2.62. The van der Waals surface area contributed by atoms with E-state index in [2.05, 4.69) is 150 Å². The fourth-order valence-corrected chi connectivity index (χ4v) is 21.9. The zero-order chi connectivity index (χ0) is 83.2. The van der Waals surface area contributed by atoms with E-state index in [0.717, 1.165) is 161 Å². The number of aliphatic hydroxyl groups excluding tert-OH is 4. The first-order chi connectivity index (χ1) is 58.6. The summed E-state index contributed by atoms with van der Waals surface area (Å²) in [5, 5.41) is 68.4. The standard InChI is InChI=1S/C29H27FN2O.C28H25FN2O.2C23H22FN3O/c1-18-7-13-25(24-6-4-3-5-23(18)24)28(33)26-14-8-20-15-27-19(16-29(20,26)2)17-31-32(27)22-11-9-21(30)10-12-22;1-28-16-19-17-30-31(22-12-10-21(29)11-13-22)26(19)15-20(28)9-14-25(28)27(32)24-8-4-6-18-5-2-3-7-23(18)24;2*1-23-13-16-14-26-27(19-5-3-18(24)4-6-19)21(16)12-17(23)2-7-20(23)22(28)15-8-10-25-11-9-15/h3-7,9-13,15,17,26,28,33H,8,14,16H2,1-2H3;2-8,10-13,15,17,25,27,32H,9,14,16H2,1H3;2*3-6,8-12,14,20,22,28H,2,7,13H2,1H3/t26-,28+,29+;25-,27-,28+;20-,22+,23+;20-,22-,23+/m1111/s1. The van der Waals surface area contributed by atoms with Crippen molar-refractivity contribution in [2.75, 3.05) is 0 Å². The maximum atomic E-state index is 13.4. The molecule has 12 atom stereocenters. The first-order valence-corrected chi connectivity index (χ1v) is 42.3. The summed E-state index contributed by atoms with van der Waals surface area (Å²) < 4.78 is 60.9. The number of aliphatic hydroxyl groups is 4. The molecule has 18 heteroatoms. The predicted molar refractivity (Wildman–Crippen MR) is 465 cm³/mol. The van der Waals surface area contributed by atoms with Crippen LogP contribution in [0.5, 0.6) is 0 Å². The number of benzene rings is 8. The highest BCUT2D eigenvalue weighted by atomic mass is 19.1. The van der Waals surface area contributed by atoms with Crippen LogP contribution in [0.1, 0.15) is 176 Å². The summed E-state index contributed by atoms with van der Waals surface area (Å²) in [6.07, 6.45) is 32.6. The van der Waals surface area contributed by atoms with E-state index < -0.39 is 24.4 Å². The van der Waals surface area contributed by atoms with Gasteiger partial charge in [-0.25, -0.2) is 36.3 Å². The first kappa shape index (κ1) is 78.8. The lowest BCUT2D eigenvalue weighted by atomic mass is 9.67. The van der Waals surface area contributed by atoms with Crippen LogP contribution >= 0.6 is 0 Å². The van der Waals surface area contributed by atoms with Crippen molar-refractivity contribution in [2.24, 2.45) is 45.3 Å². The summed E-state index contributed by atoms with van der Waals surface area (Å²) in [4.78, 5) is 8.13. The summed E-state index contributed by atoms with van der Waals surface area (Å²) in [6.45, 7) is 11.2. The molecule has 8 aliphatic rings. The molecule has 8 aromatic carbocycles. The molecule has 0 amide bonds. The van der Waals surface area contributed by atoms with Crippen LogP contribution in [0.4, 0.5) is 17.6 Å². The molecular weight excluding hydrogens is 1520 g/mol. The molecule has 14 nitrogen and oxygen atoms in total. The lowest BCUT2D eigenvalue weighted by Crippen LogP contribution is -2.32. The van der Waals surface area contributed by atoms with Gasteiger partial charge in [0.2, 0.25) is 0 Å². The average molecular weight is 1610 g/mol. The Hall–Kier alpha value is -12.1. The largest absolute Gasteiger partial charge is 0.388 e. The molecule has 14 aromatic rings. The number of rotatable bonds is 12. The molecule has 0 radical (unpaired) electrons. The molecule has 22 rings (SSSR count). The number of hydrogen-bond donors (Lipinski definition) is 4. The normalized spacial score (nSPS) is 23.5. The minimum Gasteiger partial charge on any atom is -0.388 e. The molecule has 6 aromatic heterocycles. The van der Waals surface area contributed by atoms with Gasteiger partial charge in [0.05, 0.1) is 94.7 Å². The Bertz CT molecular complexity index is 6200. The van der Waals surface area contributed by atoms with Crippen molar-refractivity contribution in [3.8, 4) is 22.7 Å². The third-order valence-corrected chi connectivity index (χ3v) is 28.7. The molecule has 6 heterocycles. The lowest BCUT2D eigenvalue weighted by molar-refractivity contribution is 0.0552. The third-order valence-electron chi connectivity index (χ3n) is 28.7. The fourth-order valence-electron chi connectivity index (χ4n) is 21.9. The van der Waals surface area contributed by atoms with Gasteiger partial charge in [0.1, 0.15) is 23.3 Å². The molecule has 8 aliphatic carbocycles. The minimum atomic E-state index is -0.528. The van der Waals surface area contributed by atoms with Gasteiger partial charge in [0.15, 0.2) is 0 Å². The Morgan fingerprint density at radius 1 is 0.322 bits per heavy atom. The van der Waals surface area contributed by atoms with Crippen LogP contribution in [-0.2, 0) is 25.7 Å². The molecule has 4 fully saturated rings. The van der Waals surface area contributed by atoms with E-state index in [4.69, 9.17) is 0 Å². The molecular formula is C103H96F4N10O4. The van der Waals surface area contributed by atoms with Crippen molar-refractivity contribution >= 4 is 45.8 Å². The molecule has 0 unspecified atom stereocenters. The first-order valence-electron chi connectivity index (χ1n) is 42.3. The summed E-state index contributed by atoms with van der Waals surface area (Å²) in [5.74, 6) is -0.409. The van der Waals surface area contributed by atoms with Crippen LogP contribution in [0.2, 0.25) is 0 Å². The van der Waals surface area contributed by atoms with Crippen LogP contribution in [0.15, 0.2) is 272 Å². The van der Waals surface area contributed by atoms with Crippen molar-refractivity contribution in [1.29, 1.82) is 0 Å². The maximum absolute atomic E-state index is 13.4. The zero-order valence-electron chi connectivity index (χ0n) is 68.4. The summed E-state index contributed by atoms with van der Waals surface area (Å²) in [5.41, 5.74) is 22.6. The van der Waals surface area contributed by atoms with Gasteiger partial charge < -0.3 is 20.4 Å². The molecule has 4 N–H and O–H groups in total. The van der Waals surface area contributed by atoms with Gasteiger partial charge >= 0.3 is 0 Å². The number of pyridine rings is 2. The number of aromatic nitrogens is 10. The van der Waals surface area contributed by atoms with Gasteiger partial charge in [-0.15, -0.1) is 0 Å². The van der Waals surface area contributed by atoms with E-state index in [1.165, 1.54) is 104 Å². The fraction of sp³-hybridized carbons (Fsp3) is 0.282. The van der Waals surface area contributed by atoms with Crippen molar-refractivity contribution < 1.29 is 38.0 Å². The molecule has 0 aliphatic heterocycles. The minimum absolute atomic E-state index is 0.0909. The lowest BCUT2D eigenvalue weighted by Gasteiger charge is -2.38. The van der Waals surface area contributed by atoms with E-state index in [1.54, 1.807) is 73.3 Å². The Kier molecular flexibility index (Phi) is 20.5. The number of allylic oxidation sites excluding steroid dienone is 4. The molecule has 121 heavy (non-hydrogen) atoms. The summed E-state index contributed by atoms with van der Waals surface area (Å²) in [7, 11) is 0. The van der Waals surface area contributed by atoms with Gasteiger partial charge in [-0.1, -0.05) is 129 Å². The molecule has 4 saturated carbocycles. The monoisotopic (exact) mass is 1610 g/mol. The van der Waals surface area contributed by atoms with Crippen molar-refractivity contribution in [1.82, 2.24) is 49.1 Å². The maximum Gasteiger partial charge on any atom is 0.123 e. The molecule has 0 spiro atoms. The van der Waals surface area contributed by atoms with Crippen LogP contribution in [0, 0.1) is 75.5 Å². The molecule has 0 bridgehead atoms. The quantitative estimate of drug-likeness (QED) is 0.0861. The van der Waals surface area contributed by atoms with Gasteiger partial charge in [-0.2, -0.15) is 20.4 Å². The molecule has 0 saturated heterocycles. The van der Waals surface area contributed by atoms with E-state index in [-0.39, 0.29) is 68.6 Å². The predicted octanol–water partition coefficient (Wildman–Crippen LogP) is 21.8. The van der Waals surface area contributed by atoms with Crippen molar-refractivity contribution in [3.63, 3.8) is 0 Å². The van der Waals surface area contributed by atoms with Crippen LogP contribution in [0.25, 0.3) is 68.6 Å². The smallest absolute Gasteiger partial charge is 0.123 e. The number of halogens is 4. The van der Waals surface area contributed by atoms with E-state index in [0.29, 0.717) is 0 Å². The SMILES string of the molecule is C[C@]12Cc3cnn(-c4ccc(F)cc4)c3C=C1CC[C@@H]2[C@@H](O)c1ccncc1.C[C@]12Cc3cnn(-c4ccc(F)cc4)c3C=C1CC[C@@H]2[C@H](O)c1cccc2ccccc12.C[C@]12Cc3cnn(-c4ccc(F)cc4)c3C=C1CC[C@@H]2[C@H](O)c1ccncc1.Cc1ccc([C@H](O)[C@H]2CCC3=Cc4c(cnn4-c4ccc(F)cc4)C[C@@]32C)c2ccccc12. The van der Waals surface area contributed by atoms with Crippen LogP contribution < -0.4 is 0 Å². The Labute approximate surface area is 701 Å². The zero-order valence-corrected chi connectivity index (χ0v) is 68.4. The van der Waals surface area contributed by atoms with Gasteiger partial charge in [-0.05, 0) is 347 Å². The second-order valence-electron chi connectivity index (χ2n) is 35.3. The molecule has 610 valence electrons. The number of aryl methyl sites for hydroxylation is 1. The highest BCUT2D eigenvalue weighted by molar-refractivity contribution is 5.89. The third kappa shape index (κ3) is 14.1. The van der Waals surface area contributed by atoms with E-state index in [1.807, 2.05) is 86.0 Å². The van der Waals surface area contributed by atoms with Crippen LogP contribution in [0.3, 0.4) is 0 Å². The summed E-state index contributed by atoms with van der Waals surface area (Å²) in [6, 6.07) is 60.5. The number of fused-ring (bicyclic) bond motifs is 10. The average Bonchev–Trinajstić information content (AvgIpc) is 1.62. The topological polar surface area (TPSA) is 178 Å². The Morgan fingerprint density at radius 3 is 0.950 bits per heavy atom. The second-order valence-corrected chi connectivity index (χ2v) is 35.3. The summed E-state index contributed by atoms with van der Waals surface area (Å²) >= 11 is 0.